The molecule has 3 heteroatoms. The molecule has 0 fully saturated rings. The molecule has 2 heterocycles. The Morgan fingerprint density at radius 1 is 0.343 bits per heavy atom. The van der Waals surface area contributed by atoms with Crippen molar-refractivity contribution in [1.29, 1.82) is 0 Å². The summed E-state index contributed by atoms with van der Waals surface area (Å²) in [7, 11) is 0. The maximum absolute atomic E-state index is 2.75. The molecule has 3 unspecified atom stereocenters. The standard InChI is InChI=1S/C96H93BN2/c1-92(2,3)70-47-67-41-42-68-48-71(93(4,5)6)57-80-75(50-69(49-70)87(67)88(68)80)66-44-46-83-82(51-66)97-81-45-43-65(60-31-21-16-22-32-60)52-84(81)99(91-78(63-37-27-19-28-38-63)55-73(95(10,11)12)56-79(91)64-39-29-20-30-40-64)86-59-74(96(13,14)15)58-85(89(86)97)98(83)90-76(61-33-23-17-24-34-61)53-72(94(7,8)9)54-77(90)62-35-25-18-26-36-62/h16-46,48-59,67,87-88H,47H2,1-15H3. The SMILES string of the molecule is CC(C)(C)C1=CC2=C(c3ccc4c(c3)B3c5ccc(-c6ccccc6)cc5N(c5c(-c6ccccc6)cc(C(C)(C)C)cc5-c5ccccc5)c5cc(C(C)(C)C)cc(c53)N4c3c(-c4ccccc4)cc(C(C)(C)C)cc3-c3ccccc3)C=C3C=C(C(C)(C)C)CC4C=CC(=C1)C2C34. The number of benzene rings is 10. The zero-order valence-electron chi connectivity index (χ0n) is 60.7. The van der Waals surface area contributed by atoms with Gasteiger partial charge < -0.3 is 9.80 Å². The molecule has 0 bridgehead atoms. The third-order valence-corrected chi connectivity index (χ3v) is 22.4. The monoisotopic (exact) mass is 1280 g/mol. The van der Waals surface area contributed by atoms with Gasteiger partial charge in [0, 0.05) is 56.8 Å². The summed E-state index contributed by atoms with van der Waals surface area (Å²) >= 11 is 0. The normalized spacial score (nSPS) is 17.8. The van der Waals surface area contributed by atoms with Crippen LogP contribution in [0.1, 0.15) is 133 Å². The van der Waals surface area contributed by atoms with Gasteiger partial charge in [0.1, 0.15) is 0 Å². The maximum Gasteiger partial charge on any atom is 0.252 e. The average Bonchev–Trinajstić information content (AvgIpc) is 0.687. The van der Waals surface area contributed by atoms with Crippen molar-refractivity contribution in [3.63, 3.8) is 0 Å². The van der Waals surface area contributed by atoms with Crippen LogP contribution in [0, 0.1) is 28.6 Å². The molecule has 10 aromatic rings. The number of nitrogens with zero attached hydrogens (tertiary/aromatic N) is 2. The Kier molecular flexibility index (Phi) is 15.2. The van der Waals surface area contributed by atoms with E-state index in [9.17, 15) is 0 Å². The van der Waals surface area contributed by atoms with Crippen LogP contribution in [0.5, 0.6) is 0 Å². The van der Waals surface area contributed by atoms with E-state index in [1.165, 1.54) is 162 Å². The molecule has 16 rings (SSSR count). The second-order valence-corrected chi connectivity index (χ2v) is 34.2. The highest BCUT2D eigenvalue weighted by Gasteiger charge is 2.49. The van der Waals surface area contributed by atoms with Gasteiger partial charge in [-0.3, -0.25) is 0 Å². The molecule has 0 aromatic heterocycles. The summed E-state index contributed by atoms with van der Waals surface area (Å²) in [5, 5.41) is 0. The van der Waals surface area contributed by atoms with Gasteiger partial charge in [-0.05, 0) is 188 Å². The Balaban J connectivity index is 1.09. The third-order valence-electron chi connectivity index (χ3n) is 22.4. The van der Waals surface area contributed by atoms with Gasteiger partial charge >= 0.3 is 0 Å². The lowest BCUT2D eigenvalue weighted by Crippen LogP contribution is -2.61. The van der Waals surface area contributed by atoms with Crippen LogP contribution in [0.4, 0.5) is 34.1 Å². The van der Waals surface area contributed by atoms with Gasteiger partial charge in [0.05, 0.1) is 11.4 Å². The number of fused-ring (bicyclic) bond motifs is 4. The van der Waals surface area contributed by atoms with Crippen LogP contribution < -0.4 is 26.2 Å². The number of rotatable bonds is 8. The largest absolute Gasteiger partial charge is 0.310 e. The fourth-order valence-electron chi connectivity index (χ4n) is 16.8. The lowest BCUT2D eigenvalue weighted by atomic mass is 9.33. The van der Waals surface area contributed by atoms with Gasteiger partial charge in [0.2, 0.25) is 0 Å². The quantitative estimate of drug-likeness (QED) is 0.140. The van der Waals surface area contributed by atoms with Gasteiger partial charge in [-0.2, -0.15) is 0 Å². The molecular weight excluding hydrogens is 1190 g/mol. The van der Waals surface area contributed by atoms with Gasteiger partial charge in [-0.1, -0.05) is 322 Å². The number of hydrogen-bond donors (Lipinski definition) is 0. The van der Waals surface area contributed by atoms with Gasteiger partial charge in [0.15, 0.2) is 0 Å². The third kappa shape index (κ3) is 11.1. The lowest BCUT2D eigenvalue weighted by Gasteiger charge is -2.48. The van der Waals surface area contributed by atoms with E-state index in [2.05, 4.69) is 375 Å². The highest BCUT2D eigenvalue weighted by molar-refractivity contribution is 7.00. The first-order valence-corrected chi connectivity index (χ1v) is 36.3. The summed E-state index contributed by atoms with van der Waals surface area (Å²) in [6.07, 6.45) is 16.6. The molecule has 0 saturated heterocycles. The van der Waals surface area contributed by atoms with E-state index in [4.69, 9.17) is 0 Å². The summed E-state index contributed by atoms with van der Waals surface area (Å²) < 4.78 is 0. The first-order chi connectivity index (χ1) is 47.3. The van der Waals surface area contributed by atoms with Gasteiger partial charge in [0.25, 0.3) is 6.71 Å². The zero-order chi connectivity index (χ0) is 68.8. The number of anilines is 6. The van der Waals surface area contributed by atoms with E-state index in [-0.39, 0.29) is 39.7 Å². The molecule has 10 aromatic carbocycles. The highest BCUT2D eigenvalue weighted by atomic mass is 15.2. The van der Waals surface area contributed by atoms with Crippen molar-refractivity contribution in [2.75, 3.05) is 9.80 Å². The molecular formula is C96H93BN2. The van der Waals surface area contributed by atoms with E-state index < -0.39 is 0 Å². The number of allylic oxidation sites excluding steroid dienone is 12. The van der Waals surface area contributed by atoms with Crippen LogP contribution in [-0.2, 0) is 16.2 Å². The minimum Gasteiger partial charge on any atom is -0.310 e. The fourth-order valence-corrected chi connectivity index (χ4v) is 16.8. The Hall–Kier alpha value is -9.70. The van der Waals surface area contributed by atoms with Crippen molar-refractivity contribution in [1.82, 2.24) is 0 Å². The summed E-state index contributed by atoms with van der Waals surface area (Å²) in [4.78, 5) is 5.50. The van der Waals surface area contributed by atoms with E-state index in [0.717, 1.165) is 6.42 Å². The van der Waals surface area contributed by atoms with Crippen LogP contribution in [0.25, 0.3) is 61.2 Å². The second kappa shape index (κ2) is 23.5. The summed E-state index contributed by atoms with van der Waals surface area (Å²) in [5.74, 6) is 1.06. The Bertz CT molecular complexity index is 4970. The topological polar surface area (TPSA) is 6.48 Å². The molecule has 490 valence electrons. The van der Waals surface area contributed by atoms with Crippen LogP contribution in [0.3, 0.4) is 0 Å². The van der Waals surface area contributed by atoms with Crippen LogP contribution in [-0.4, -0.2) is 6.71 Å². The van der Waals surface area contributed by atoms with Crippen molar-refractivity contribution < 1.29 is 0 Å². The van der Waals surface area contributed by atoms with Crippen molar-refractivity contribution >= 4 is 62.8 Å². The zero-order valence-corrected chi connectivity index (χ0v) is 60.7. The Morgan fingerprint density at radius 3 is 1.24 bits per heavy atom. The summed E-state index contributed by atoms with van der Waals surface area (Å²) in [6, 6.07) is 86.6. The first kappa shape index (κ1) is 64.0. The molecule has 2 aliphatic heterocycles. The van der Waals surface area contributed by atoms with E-state index in [1.807, 2.05) is 0 Å². The Morgan fingerprint density at radius 2 is 0.788 bits per heavy atom. The van der Waals surface area contributed by atoms with Crippen molar-refractivity contribution in [2.24, 2.45) is 28.6 Å². The number of hydrogen-bond acceptors (Lipinski definition) is 2. The minimum atomic E-state index is -0.281. The molecule has 6 aliphatic rings. The van der Waals surface area contributed by atoms with Crippen LogP contribution in [0.2, 0.25) is 0 Å². The molecule has 0 amide bonds. The van der Waals surface area contributed by atoms with Crippen molar-refractivity contribution in [3.05, 3.63) is 311 Å². The maximum atomic E-state index is 2.75. The van der Waals surface area contributed by atoms with E-state index in [0.29, 0.717) is 11.8 Å². The fraction of sp³-hybridized carbons (Fsp3) is 0.250. The Labute approximate surface area is 590 Å². The first-order valence-electron chi connectivity index (χ1n) is 36.3. The van der Waals surface area contributed by atoms with Gasteiger partial charge in [-0.25, -0.2) is 0 Å². The summed E-state index contributed by atoms with van der Waals surface area (Å²) in [6.45, 7) is 35.6. The van der Waals surface area contributed by atoms with Crippen molar-refractivity contribution in [3.8, 4) is 55.6 Å². The predicted molar refractivity (Wildman–Crippen MR) is 426 cm³/mol. The molecule has 4 aliphatic carbocycles. The predicted octanol–water partition coefficient (Wildman–Crippen LogP) is 24.4. The molecule has 0 spiro atoms. The van der Waals surface area contributed by atoms with E-state index >= 15 is 0 Å². The minimum absolute atomic E-state index is 0.0439. The molecule has 99 heavy (non-hydrogen) atoms. The average molecular weight is 1290 g/mol. The molecule has 2 nitrogen and oxygen atoms in total. The van der Waals surface area contributed by atoms with E-state index in [1.54, 1.807) is 0 Å². The summed E-state index contributed by atoms with van der Waals surface area (Å²) in [5.41, 5.74) is 36.0. The second-order valence-electron chi connectivity index (χ2n) is 34.2. The lowest BCUT2D eigenvalue weighted by molar-refractivity contribution is 0.328. The van der Waals surface area contributed by atoms with Crippen LogP contribution >= 0.6 is 0 Å². The molecule has 0 N–H and O–H groups in total. The molecule has 0 radical (unpaired) electrons. The smallest absolute Gasteiger partial charge is 0.252 e. The molecule has 3 atom stereocenters. The molecule has 0 saturated carbocycles. The van der Waals surface area contributed by atoms with Gasteiger partial charge in [-0.15, -0.1) is 0 Å². The highest BCUT2D eigenvalue weighted by Crippen LogP contribution is 2.59. The van der Waals surface area contributed by atoms with Crippen LogP contribution in [0.15, 0.2) is 289 Å². The van der Waals surface area contributed by atoms with Crippen molar-refractivity contribution in [2.45, 2.75) is 127 Å².